The first-order valence-corrected chi connectivity index (χ1v) is 3.38. The molecule has 1 heterocycles. The van der Waals surface area contributed by atoms with Crippen LogP contribution in [0, 0.1) is 11.3 Å². The van der Waals surface area contributed by atoms with Crippen LogP contribution in [0.3, 0.4) is 0 Å². The van der Waals surface area contributed by atoms with Crippen molar-refractivity contribution in [2.75, 3.05) is 0 Å². The van der Waals surface area contributed by atoms with E-state index in [1.807, 2.05) is 6.07 Å². The Morgan fingerprint density at radius 3 is 3.09 bits per heavy atom. The van der Waals surface area contributed by atoms with Crippen molar-refractivity contribution >= 4 is 16.6 Å². The number of allylic oxidation sites excluding steroid dienone is 1. The molecule has 0 amide bonds. The molecule has 0 radical (unpaired) electrons. The van der Waals surface area contributed by atoms with Crippen LogP contribution in [0.1, 0.15) is 5.56 Å². The van der Waals surface area contributed by atoms with Crippen molar-refractivity contribution < 1.29 is 0 Å². The zero-order valence-electron chi connectivity index (χ0n) is 5.66. The fourth-order valence-electron chi connectivity index (χ4n) is 0.644. The Morgan fingerprint density at radius 1 is 1.73 bits per heavy atom. The van der Waals surface area contributed by atoms with E-state index in [0.717, 1.165) is 5.56 Å². The number of rotatable bonds is 1. The molecule has 0 N–H and O–H groups in total. The SMILES string of the molecule is N#C/C=C(/Cl)c1cccnc1. The van der Waals surface area contributed by atoms with Gasteiger partial charge in [-0.1, -0.05) is 17.7 Å². The summed E-state index contributed by atoms with van der Waals surface area (Å²) in [4.78, 5) is 3.85. The van der Waals surface area contributed by atoms with Crippen molar-refractivity contribution in [3.8, 4) is 6.07 Å². The zero-order chi connectivity index (χ0) is 8.10. The van der Waals surface area contributed by atoms with Crippen molar-refractivity contribution in [3.63, 3.8) is 0 Å². The highest BCUT2D eigenvalue weighted by Crippen LogP contribution is 2.15. The van der Waals surface area contributed by atoms with E-state index >= 15 is 0 Å². The number of pyridine rings is 1. The molecule has 0 aliphatic carbocycles. The van der Waals surface area contributed by atoms with Crippen molar-refractivity contribution in [1.82, 2.24) is 4.98 Å². The van der Waals surface area contributed by atoms with Crippen molar-refractivity contribution in [1.29, 1.82) is 5.26 Å². The maximum absolute atomic E-state index is 8.27. The molecule has 1 aromatic heterocycles. The van der Waals surface area contributed by atoms with Gasteiger partial charge < -0.3 is 0 Å². The molecule has 0 aliphatic heterocycles. The molecule has 0 atom stereocenters. The van der Waals surface area contributed by atoms with Crippen LogP contribution in [-0.4, -0.2) is 4.98 Å². The summed E-state index contributed by atoms with van der Waals surface area (Å²) < 4.78 is 0. The molecule has 0 aromatic carbocycles. The van der Waals surface area contributed by atoms with Crippen LogP contribution in [0.15, 0.2) is 30.6 Å². The molecule has 1 rings (SSSR count). The molecule has 0 aliphatic rings. The Kier molecular flexibility index (Phi) is 2.65. The maximum atomic E-state index is 8.27. The molecule has 11 heavy (non-hydrogen) atoms. The molecule has 54 valence electrons. The van der Waals surface area contributed by atoms with Crippen LogP contribution >= 0.6 is 11.6 Å². The van der Waals surface area contributed by atoms with Gasteiger partial charge in [0.15, 0.2) is 0 Å². The van der Waals surface area contributed by atoms with Crippen LogP contribution in [0.4, 0.5) is 0 Å². The van der Waals surface area contributed by atoms with Crippen LogP contribution in [-0.2, 0) is 0 Å². The van der Waals surface area contributed by atoms with Gasteiger partial charge in [-0.15, -0.1) is 0 Å². The molecule has 0 spiro atoms. The second kappa shape index (κ2) is 3.75. The van der Waals surface area contributed by atoms with Crippen LogP contribution in [0.2, 0.25) is 0 Å². The fraction of sp³-hybridized carbons (Fsp3) is 0. The number of hydrogen-bond donors (Lipinski definition) is 0. The van der Waals surface area contributed by atoms with Gasteiger partial charge >= 0.3 is 0 Å². The van der Waals surface area contributed by atoms with Gasteiger partial charge in [-0.3, -0.25) is 4.98 Å². The standard InChI is InChI=1S/C8H5ClN2/c9-8(3-4-10)7-2-1-5-11-6-7/h1-3,5-6H/b8-3+. The highest BCUT2D eigenvalue weighted by atomic mass is 35.5. The number of aromatic nitrogens is 1. The van der Waals surface area contributed by atoms with Crippen LogP contribution in [0.5, 0.6) is 0 Å². The van der Waals surface area contributed by atoms with Gasteiger partial charge in [0, 0.05) is 24.0 Å². The minimum Gasteiger partial charge on any atom is -0.264 e. The Hall–Kier alpha value is -1.33. The summed E-state index contributed by atoms with van der Waals surface area (Å²) in [6.07, 6.45) is 4.54. The van der Waals surface area contributed by atoms with Gasteiger partial charge in [-0.2, -0.15) is 5.26 Å². The van der Waals surface area contributed by atoms with Gasteiger partial charge in [0.05, 0.1) is 11.1 Å². The van der Waals surface area contributed by atoms with Crippen LogP contribution in [0.25, 0.3) is 5.03 Å². The van der Waals surface area contributed by atoms with Crippen LogP contribution < -0.4 is 0 Å². The molecule has 0 saturated carbocycles. The fourth-order valence-corrected chi connectivity index (χ4v) is 0.805. The molecule has 0 unspecified atom stereocenters. The Balaban J connectivity index is 2.96. The third kappa shape index (κ3) is 2.06. The van der Waals surface area contributed by atoms with Gasteiger partial charge in [0.1, 0.15) is 0 Å². The van der Waals surface area contributed by atoms with Gasteiger partial charge in [-0.25, -0.2) is 0 Å². The first kappa shape index (κ1) is 7.77. The molecular formula is C8H5ClN2. The lowest BCUT2D eigenvalue weighted by molar-refractivity contribution is 1.31. The molecule has 2 nitrogen and oxygen atoms in total. The van der Waals surface area contributed by atoms with Gasteiger partial charge in [0.25, 0.3) is 0 Å². The summed E-state index contributed by atoms with van der Waals surface area (Å²) in [6.45, 7) is 0. The minimum absolute atomic E-state index is 0.417. The summed E-state index contributed by atoms with van der Waals surface area (Å²) in [5.41, 5.74) is 0.760. The lowest BCUT2D eigenvalue weighted by Gasteiger charge is -1.93. The largest absolute Gasteiger partial charge is 0.264 e. The summed E-state index contributed by atoms with van der Waals surface area (Å²) in [6, 6.07) is 5.41. The van der Waals surface area contributed by atoms with Gasteiger partial charge in [-0.05, 0) is 6.07 Å². The van der Waals surface area contributed by atoms with Gasteiger partial charge in [0.2, 0.25) is 0 Å². The predicted molar refractivity (Wildman–Crippen MR) is 43.7 cm³/mol. The first-order chi connectivity index (χ1) is 5.34. The van der Waals surface area contributed by atoms with Crippen molar-refractivity contribution in [2.24, 2.45) is 0 Å². The molecular weight excluding hydrogens is 160 g/mol. The monoisotopic (exact) mass is 164 g/mol. The second-order valence-electron chi connectivity index (χ2n) is 1.86. The number of halogens is 1. The maximum Gasteiger partial charge on any atom is 0.0927 e. The zero-order valence-corrected chi connectivity index (χ0v) is 6.42. The van der Waals surface area contributed by atoms with E-state index < -0.39 is 0 Å². The van der Waals surface area contributed by atoms with E-state index in [1.165, 1.54) is 6.08 Å². The quantitative estimate of drug-likeness (QED) is 0.597. The molecule has 3 heteroatoms. The highest BCUT2D eigenvalue weighted by molar-refractivity contribution is 6.48. The van der Waals surface area contributed by atoms with Crippen molar-refractivity contribution in [2.45, 2.75) is 0 Å². The third-order valence-corrected chi connectivity index (χ3v) is 1.46. The average molecular weight is 165 g/mol. The summed E-state index contributed by atoms with van der Waals surface area (Å²) in [7, 11) is 0. The number of nitrogens with zero attached hydrogens (tertiary/aromatic N) is 2. The van der Waals surface area contributed by atoms with E-state index in [-0.39, 0.29) is 0 Å². The Bertz CT molecular complexity index is 298. The summed E-state index contributed by atoms with van der Waals surface area (Å²) >= 11 is 5.70. The average Bonchev–Trinajstić information content (AvgIpc) is 2.07. The Labute approximate surface area is 69.8 Å². The lowest BCUT2D eigenvalue weighted by Crippen LogP contribution is -1.77. The van der Waals surface area contributed by atoms with E-state index in [0.29, 0.717) is 5.03 Å². The first-order valence-electron chi connectivity index (χ1n) is 3.00. The molecule has 0 fully saturated rings. The topological polar surface area (TPSA) is 36.7 Å². The van der Waals surface area contributed by atoms with E-state index in [4.69, 9.17) is 16.9 Å². The van der Waals surface area contributed by atoms with E-state index in [2.05, 4.69) is 4.98 Å². The van der Waals surface area contributed by atoms with E-state index in [1.54, 1.807) is 24.5 Å². The number of hydrogen-bond acceptors (Lipinski definition) is 2. The second-order valence-corrected chi connectivity index (χ2v) is 2.27. The smallest absolute Gasteiger partial charge is 0.0927 e. The minimum atomic E-state index is 0.417. The molecule has 1 aromatic rings. The normalized spacial score (nSPS) is 10.7. The number of nitriles is 1. The highest BCUT2D eigenvalue weighted by Gasteiger charge is 1.94. The van der Waals surface area contributed by atoms with E-state index in [9.17, 15) is 0 Å². The summed E-state index contributed by atoms with van der Waals surface area (Å²) in [5.74, 6) is 0. The third-order valence-electron chi connectivity index (χ3n) is 1.13. The van der Waals surface area contributed by atoms with Crippen molar-refractivity contribution in [3.05, 3.63) is 36.2 Å². The predicted octanol–water partition coefficient (Wildman–Crippen LogP) is 2.18. The Morgan fingerprint density at radius 2 is 2.55 bits per heavy atom. The lowest BCUT2D eigenvalue weighted by atomic mass is 10.2. The molecule has 0 saturated heterocycles. The molecule has 0 bridgehead atoms. The summed E-state index contributed by atoms with van der Waals surface area (Å²) in [5, 5.41) is 8.68.